The minimum Gasteiger partial charge on any atom is -0.342 e. The summed E-state index contributed by atoms with van der Waals surface area (Å²) in [5.74, 6) is 0.637. The van der Waals surface area contributed by atoms with Gasteiger partial charge in [0.05, 0.1) is 6.54 Å². The van der Waals surface area contributed by atoms with Crippen molar-refractivity contribution in [3.05, 3.63) is 66.8 Å². The Balaban J connectivity index is 2.00. The maximum atomic E-state index is 13.0. The fraction of sp³-hybridized carbons (Fsp3) is 0.350. The van der Waals surface area contributed by atoms with Crippen LogP contribution in [-0.4, -0.2) is 31.8 Å². The summed E-state index contributed by atoms with van der Waals surface area (Å²) in [6.45, 7) is 1.82. The highest BCUT2D eigenvalue weighted by Crippen LogP contribution is 2.29. The van der Waals surface area contributed by atoms with E-state index in [1.165, 1.54) is 11.6 Å². The smallest absolute Gasteiger partial charge is 0.332 e. The van der Waals surface area contributed by atoms with Gasteiger partial charge in [0.25, 0.3) is 5.56 Å². The molecule has 3 aromatic rings. The van der Waals surface area contributed by atoms with Crippen molar-refractivity contribution in [3.63, 3.8) is 0 Å². The molecule has 0 radical (unpaired) electrons. The van der Waals surface area contributed by atoms with E-state index in [1.54, 1.807) is 25.2 Å². The van der Waals surface area contributed by atoms with Gasteiger partial charge in [0.2, 0.25) is 5.95 Å². The normalized spacial score (nSPS) is 14.6. The Bertz CT molecular complexity index is 1210. The van der Waals surface area contributed by atoms with E-state index in [4.69, 9.17) is 28.2 Å². The monoisotopic (exact) mass is 433 g/mol. The van der Waals surface area contributed by atoms with Gasteiger partial charge in [0.15, 0.2) is 11.2 Å². The Morgan fingerprint density at radius 1 is 1.00 bits per heavy atom. The number of fused-ring (bicyclic) bond motifs is 1. The van der Waals surface area contributed by atoms with Gasteiger partial charge in [-0.2, -0.15) is 4.98 Å². The van der Waals surface area contributed by atoms with Crippen LogP contribution in [0.5, 0.6) is 0 Å². The topological polar surface area (TPSA) is 65.1 Å². The van der Waals surface area contributed by atoms with E-state index < -0.39 is 11.2 Å². The maximum absolute atomic E-state index is 13.0. The molecule has 1 aromatic carbocycles. The number of anilines is 1. The molecule has 152 valence electrons. The molecule has 1 aliphatic heterocycles. The van der Waals surface area contributed by atoms with Crippen molar-refractivity contribution in [2.75, 3.05) is 18.0 Å². The molecule has 29 heavy (non-hydrogen) atoms. The van der Waals surface area contributed by atoms with Gasteiger partial charge in [0.1, 0.15) is 0 Å². The van der Waals surface area contributed by atoms with Crippen LogP contribution in [-0.2, 0) is 20.6 Å². The van der Waals surface area contributed by atoms with E-state index in [-0.39, 0.29) is 6.54 Å². The van der Waals surface area contributed by atoms with Crippen LogP contribution >= 0.6 is 23.2 Å². The molecule has 0 saturated heterocycles. The molecule has 0 unspecified atom stereocenters. The Hall–Kier alpha value is -2.51. The zero-order valence-corrected chi connectivity index (χ0v) is 17.7. The lowest BCUT2D eigenvalue weighted by Crippen LogP contribution is -2.37. The number of rotatable bonds is 3. The first-order chi connectivity index (χ1) is 13.9. The number of halogens is 2. The molecule has 9 heteroatoms. The van der Waals surface area contributed by atoms with Gasteiger partial charge in [-0.05, 0) is 25.0 Å². The molecule has 7 nitrogen and oxygen atoms in total. The molecule has 2 aromatic heterocycles. The molecular formula is C20H21Cl2N5O2. The highest BCUT2D eigenvalue weighted by molar-refractivity contribution is 6.36. The highest BCUT2D eigenvalue weighted by Gasteiger charge is 2.24. The van der Waals surface area contributed by atoms with Crippen molar-refractivity contribution >= 4 is 40.3 Å². The van der Waals surface area contributed by atoms with Crippen molar-refractivity contribution in [3.8, 4) is 0 Å². The molecule has 0 aliphatic carbocycles. The van der Waals surface area contributed by atoms with Crippen LogP contribution in [0, 0.1) is 0 Å². The first-order valence-electron chi connectivity index (χ1n) is 9.39. The molecule has 0 saturated carbocycles. The lowest BCUT2D eigenvalue weighted by molar-refractivity contribution is 0.699. The molecule has 0 atom stereocenters. The third kappa shape index (κ3) is 3.38. The second kappa shape index (κ2) is 7.72. The van der Waals surface area contributed by atoms with Gasteiger partial charge in [-0.3, -0.25) is 18.5 Å². The van der Waals surface area contributed by atoms with Crippen molar-refractivity contribution < 1.29 is 0 Å². The maximum Gasteiger partial charge on any atom is 0.332 e. The third-order valence-electron chi connectivity index (χ3n) is 5.29. The highest BCUT2D eigenvalue weighted by atomic mass is 35.5. The molecule has 0 fully saturated rings. The predicted molar refractivity (Wildman–Crippen MR) is 116 cm³/mol. The van der Waals surface area contributed by atoms with Gasteiger partial charge in [-0.25, -0.2) is 4.79 Å². The van der Waals surface area contributed by atoms with Crippen molar-refractivity contribution in [1.82, 2.24) is 18.7 Å². The van der Waals surface area contributed by atoms with Crippen LogP contribution < -0.4 is 16.1 Å². The predicted octanol–water partition coefficient (Wildman–Crippen LogP) is 2.95. The number of hydrogen-bond donors (Lipinski definition) is 0. The van der Waals surface area contributed by atoms with E-state index in [0.717, 1.165) is 30.5 Å². The minimum atomic E-state index is -0.410. The second-order valence-corrected chi connectivity index (χ2v) is 7.93. The van der Waals surface area contributed by atoms with E-state index in [1.807, 2.05) is 4.57 Å². The van der Waals surface area contributed by atoms with E-state index in [2.05, 4.69) is 17.1 Å². The van der Waals surface area contributed by atoms with Crippen LogP contribution in [0.3, 0.4) is 0 Å². The van der Waals surface area contributed by atoms with Gasteiger partial charge >= 0.3 is 5.69 Å². The molecule has 1 aliphatic rings. The first kappa shape index (κ1) is 19.8. The molecule has 0 amide bonds. The minimum absolute atomic E-state index is 0.279. The van der Waals surface area contributed by atoms with Crippen LogP contribution in [0.1, 0.15) is 18.4 Å². The van der Waals surface area contributed by atoms with Crippen LogP contribution in [0.25, 0.3) is 11.2 Å². The lowest BCUT2D eigenvalue weighted by atomic mass is 10.2. The lowest BCUT2D eigenvalue weighted by Gasteiger charge is -2.23. The summed E-state index contributed by atoms with van der Waals surface area (Å²) in [5.41, 5.74) is 0.622. The van der Waals surface area contributed by atoms with Crippen molar-refractivity contribution in [2.24, 2.45) is 14.1 Å². The summed E-state index contributed by atoms with van der Waals surface area (Å²) in [6, 6.07) is 5.32. The number of aromatic nitrogens is 4. The first-order valence-corrected chi connectivity index (χ1v) is 10.1. The second-order valence-electron chi connectivity index (χ2n) is 7.11. The summed E-state index contributed by atoms with van der Waals surface area (Å²) in [6.07, 6.45) is 6.05. The zero-order valence-electron chi connectivity index (χ0n) is 16.2. The average Bonchev–Trinajstić information content (AvgIpc) is 2.88. The van der Waals surface area contributed by atoms with E-state index in [9.17, 15) is 9.59 Å². The van der Waals surface area contributed by atoms with Crippen LogP contribution in [0.2, 0.25) is 10.0 Å². The number of hydrogen-bond acceptors (Lipinski definition) is 4. The van der Waals surface area contributed by atoms with E-state index >= 15 is 0 Å². The fourth-order valence-corrected chi connectivity index (χ4v) is 4.19. The van der Waals surface area contributed by atoms with Crippen molar-refractivity contribution in [1.29, 1.82) is 0 Å². The molecule has 0 N–H and O–H groups in total. The fourth-order valence-electron chi connectivity index (χ4n) is 3.68. The summed E-state index contributed by atoms with van der Waals surface area (Å²) in [5, 5.41) is 1.04. The van der Waals surface area contributed by atoms with Crippen LogP contribution in [0.4, 0.5) is 5.95 Å². The van der Waals surface area contributed by atoms with E-state index in [0.29, 0.717) is 32.7 Å². The van der Waals surface area contributed by atoms with Crippen LogP contribution in [0.15, 0.2) is 39.9 Å². The quantitative estimate of drug-likeness (QED) is 0.595. The molecular weight excluding hydrogens is 413 g/mol. The Morgan fingerprint density at radius 3 is 2.24 bits per heavy atom. The largest absolute Gasteiger partial charge is 0.342 e. The third-order valence-corrected chi connectivity index (χ3v) is 5.99. The molecule has 3 heterocycles. The Morgan fingerprint density at radius 2 is 1.62 bits per heavy atom. The summed E-state index contributed by atoms with van der Waals surface area (Å²) < 4.78 is 4.33. The zero-order chi connectivity index (χ0) is 20.7. The average molecular weight is 434 g/mol. The summed E-state index contributed by atoms with van der Waals surface area (Å²) in [7, 11) is 3.09. The standard InChI is InChI=1S/C20H21Cl2N5O2/c1-24-17-16(18(28)25(2)20(24)29)27(12-13-14(21)8-7-9-15(13)22)19(23-17)26-10-5-3-4-6-11-26/h3-4,7-9H,5-6,10-12H2,1-2H3. The summed E-state index contributed by atoms with van der Waals surface area (Å²) in [4.78, 5) is 32.3. The summed E-state index contributed by atoms with van der Waals surface area (Å²) >= 11 is 12.8. The molecule has 0 spiro atoms. The molecule has 0 bridgehead atoms. The Labute approximate surface area is 177 Å². The number of benzene rings is 1. The number of nitrogens with zero attached hydrogens (tertiary/aromatic N) is 5. The van der Waals surface area contributed by atoms with Gasteiger partial charge < -0.3 is 4.90 Å². The molecule has 4 rings (SSSR count). The van der Waals surface area contributed by atoms with Gasteiger partial charge in [-0.1, -0.05) is 41.4 Å². The Kier molecular flexibility index (Phi) is 5.27. The van der Waals surface area contributed by atoms with Gasteiger partial charge in [-0.15, -0.1) is 0 Å². The number of aryl methyl sites for hydroxylation is 1. The number of imidazole rings is 1. The SMILES string of the molecule is Cn1c(=O)c2c(nc(N3CCC=CCC3)n2Cc2c(Cl)cccc2Cl)n(C)c1=O. The van der Waals surface area contributed by atoms with Crippen molar-refractivity contribution in [2.45, 2.75) is 19.4 Å². The van der Waals surface area contributed by atoms with Gasteiger partial charge in [0, 0.05) is 42.8 Å².